The normalized spacial score (nSPS) is 15.7. The van der Waals surface area contributed by atoms with E-state index in [2.05, 4.69) is 4.99 Å². The fourth-order valence-electron chi connectivity index (χ4n) is 3.34. The van der Waals surface area contributed by atoms with E-state index in [1.807, 2.05) is 29.2 Å². The summed E-state index contributed by atoms with van der Waals surface area (Å²) in [6.45, 7) is 0.395. The summed E-state index contributed by atoms with van der Waals surface area (Å²) in [5.74, 6) is -1.50. The molecule has 6 nitrogen and oxygen atoms in total. The molecule has 0 aromatic heterocycles. The first-order valence-corrected chi connectivity index (χ1v) is 11.1. The highest BCUT2D eigenvalue weighted by Crippen LogP contribution is 2.38. The van der Waals surface area contributed by atoms with Crippen LogP contribution in [0.5, 0.6) is 11.5 Å². The average molecular weight is 431 g/mol. The van der Waals surface area contributed by atoms with E-state index in [1.165, 1.54) is 6.07 Å². The van der Waals surface area contributed by atoms with E-state index in [0.717, 1.165) is 29.8 Å². The predicted octanol–water partition coefficient (Wildman–Crippen LogP) is 3.73. The zero-order valence-corrected chi connectivity index (χ0v) is 17.2. The van der Waals surface area contributed by atoms with Crippen LogP contribution in [-0.4, -0.2) is 44.4 Å². The van der Waals surface area contributed by atoms with Crippen LogP contribution in [0.4, 0.5) is 8.78 Å². The van der Waals surface area contributed by atoms with E-state index < -0.39 is 21.5 Å². The molecule has 2 aliphatic rings. The topological polar surface area (TPSA) is 62.2 Å². The number of sulfone groups is 1. The van der Waals surface area contributed by atoms with Crippen LogP contribution in [0, 0.1) is 11.6 Å². The maximum atomic E-state index is 14.2. The highest BCUT2D eigenvalue weighted by Gasteiger charge is 2.26. The molecule has 2 aromatic rings. The van der Waals surface area contributed by atoms with Crippen molar-refractivity contribution in [2.45, 2.75) is 5.75 Å². The Morgan fingerprint density at radius 2 is 1.87 bits per heavy atom. The molecule has 0 radical (unpaired) electrons. The monoisotopic (exact) mass is 431 g/mol. The number of hydrogen-bond donors (Lipinski definition) is 0. The molecule has 0 spiro atoms. The molecule has 2 aromatic carbocycles. The zero-order valence-electron chi connectivity index (χ0n) is 16.3. The van der Waals surface area contributed by atoms with Gasteiger partial charge in [-0.3, -0.25) is 4.99 Å². The molecule has 0 atom stereocenters. The summed E-state index contributed by atoms with van der Waals surface area (Å²) in [5.41, 5.74) is 2.73. The van der Waals surface area contributed by atoms with Crippen LogP contribution < -0.4 is 4.74 Å². The summed E-state index contributed by atoms with van der Waals surface area (Å²) < 4.78 is 56.8. The van der Waals surface area contributed by atoms with Crippen LogP contribution in [0.1, 0.15) is 11.1 Å². The van der Waals surface area contributed by atoms with Gasteiger partial charge in [-0.25, -0.2) is 17.2 Å². The first-order chi connectivity index (χ1) is 14.2. The summed E-state index contributed by atoms with van der Waals surface area (Å²) in [5, 5.41) is 0. The third-order valence-electron chi connectivity index (χ3n) is 4.57. The van der Waals surface area contributed by atoms with Crippen LogP contribution in [-0.2, 0) is 15.6 Å². The number of nitrogens with zero attached hydrogens (tertiary/aromatic N) is 3. The second kappa shape index (κ2) is 7.56. The van der Waals surface area contributed by atoms with Gasteiger partial charge in [-0.2, -0.15) is 0 Å². The van der Waals surface area contributed by atoms with E-state index in [1.54, 1.807) is 24.4 Å². The Morgan fingerprint density at radius 3 is 2.60 bits per heavy atom. The largest absolute Gasteiger partial charge is 0.454 e. The zero-order chi connectivity index (χ0) is 21.5. The molecule has 2 heterocycles. The van der Waals surface area contributed by atoms with Crippen molar-refractivity contribution >= 4 is 21.7 Å². The van der Waals surface area contributed by atoms with Crippen molar-refractivity contribution in [2.75, 3.05) is 20.0 Å². The van der Waals surface area contributed by atoms with Gasteiger partial charge in [0.25, 0.3) is 0 Å². The smallest absolute Gasteiger partial charge is 0.168 e. The highest BCUT2D eigenvalue weighted by atomic mass is 32.2. The molecule has 9 heteroatoms. The number of halogens is 2. The second-order valence-corrected chi connectivity index (χ2v) is 9.33. The molecular formula is C21H19F2N3O3S. The van der Waals surface area contributed by atoms with E-state index in [9.17, 15) is 17.2 Å². The molecule has 0 unspecified atom stereocenters. The Morgan fingerprint density at radius 1 is 1.10 bits per heavy atom. The lowest BCUT2D eigenvalue weighted by atomic mass is 10.1. The summed E-state index contributed by atoms with van der Waals surface area (Å²) >= 11 is 0. The van der Waals surface area contributed by atoms with Crippen molar-refractivity contribution in [2.24, 2.45) is 4.99 Å². The number of benzene rings is 2. The van der Waals surface area contributed by atoms with E-state index in [0.29, 0.717) is 23.5 Å². The third-order valence-corrected chi connectivity index (χ3v) is 5.43. The minimum absolute atomic E-state index is 0.133. The molecule has 0 bridgehead atoms. The molecule has 2 aliphatic heterocycles. The van der Waals surface area contributed by atoms with Gasteiger partial charge in [-0.1, -0.05) is 6.07 Å². The molecule has 0 fully saturated rings. The number of aliphatic imine (C=N–C) groups is 1. The summed E-state index contributed by atoms with van der Waals surface area (Å²) in [6.07, 6.45) is 6.66. The number of fused-ring (bicyclic) bond motifs is 1. The molecule has 4 rings (SSSR count). The first kappa shape index (κ1) is 20.1. The predicted molar refractivity (Wildman–Crippen MR) is 110 cm³/mol. The van der Waals surface area contributed by atoms with Crippen LogP contribution in [0.2, 0.25) is 0 Å². The molecule has 30 heavy (non-hydrogen) atoms. The minimum Gasteiger partial charge on any atom is -0.454 e. The number of allylic oxidation sites excluding steroid dienone is 1. The fourth-order valence-corrected chi connectivity index (χ4v) is 4.13. The molecule has 156 valence electrons. The Kier molecular flexibility index (Phi) is 5.07. The van der Waals surface area contributed by atoms with Crippen molar-refractivity contribution in [1.82, 2.24) is 9.80 Å². The van der Waals surface area contributed by atoms with E-state index in [4.69, 9.17) is 4.74 Å². The maximum absolute atomic E-state index is 14.2. The van der Waals surface area contributed by atoms with Crippen molar-refractivity contribution in [3.8, 4) is 11.5 Å². The Bertz CT molecular complexity index is 1210. The van der Waals surface area contributed by atoms with E-state index >= 15 is 0 Å². The number of hydrogen-bond acceptors (Lipinski definition) is 6. The van der Waals surface area contributed by atoms with Gasteiger partial charge < -0.3 is 14.5 Å². The van der Waals surface area contributed by atoms with Crippen LogP contribution in [0.3, 0.4) is 0 Å². The van der Waals surface area contributed by atoms with Gasteiger partial charge in [0.15, 0.2) is 21.4 Å². The van der Waals surface area contributed by atoms with Crippen LogP contribution in [0.15, 0.2) is 59.5 Å². The number of rotatable bonds is 5. The van der Waals surface area contributed by atoms with Crippen molar-refractivity contribution in [3.05, 3.63) is 77.3 Å². The summed E-state index contributed by atoms with van der Waals surface area (Å²) in [7, 11) is -1.40. The summed E-state index contributed by atoms with van der Waals surface area (Å²) in [4.78, 5) is 8.07. The van der Waals surface area contributed by atoms with Crippen molar-refractivity contribution < 1.29 is 21.9 Å². The van der Waals surface area contributed by atoms with Crippen molar-refractivity contribution in [1.29, 1.82) is 0 Å². The number of ether oxygens (including phenoxy) is 1. The average Bonchev–Trinajstić information content (AvgIpc) is 3.11. The van der Waals surface area contributed by atoms with Gasteiger partial charge in [0.1, 0.15) is 18.2 Å². The van der Waals surface area contributed by atoms with Gasteiger partial charge in [0.05, 0.1) is 17.1 Å². The first-order valence-electron chi connectivity index (χ1n) is 9.06. The Labute approximate surface area is 173 Å². The van der Waals surface area contributed by atoms with E-state index in [-0.39, 0.29) is 11.5 Å². The van der Waals surface area contributed by atoms with Gasteiger partial charge >= 0.3 is 0 Å². The lowest BCUT2D eigenvalue weighted by molar-refractivity contribution is 0.432. The van der Waals surface area contributed by atoms with Gasteiger partial charge in [0, 0.05) is 43.5 Å². The summed E-state index contributed by atoms with van der Waals surface area (Å²) in [6, 6.07) is 7.98. The molecule has 0 aliphatic carbocycles. The van der Waals surface area contributed by atoms with Crippen molar-refractivity contribution in [3.63, 3.8) is 0 Å². The lowest BCUT2D eigenvalue weighted by Gasteiger charge is -2.30. The Balaban J connectivity index is 1.80. The minimum atomic E-state index is -3.26. The molecular weight excluding hydrogens is 412 g/mol. The molecule has 0 saturated carbocycles. The van der Waals surface area contributed by atoms with Gasteiger partial charge in [-0.05, 0) is 29.8 Å². The van der Waals surface area contributed by atoms with Gasteiger partial charge in [-0.15, -0.1) is 0 Å². The molecule has 0 N–H and O–H groups in total. The lowest BCUT2D eigenvalue weighted by Crippen LogP contribution is -2.25. The quantitative estimate of drug-likeness (QED) is 0.722. The maximum Gasteiger partial charge on any atom is 0.168 e. The van der Waals surface area contributed by atoms with Crippen LogP contribution >= 0.6 is 0 Å². The Hall–Kier alpha value is -3.20. The third kappa shape index (κ3) is 4.20. The molecule has 0 amide bonds. The fraction of sp³-hybridized carbons (Fsp3) is 0.190. The standard InChI is InChI=1S/C21H19F2N3O3S/c1-25-10-16-9-24-13-26(16)19(11-25)17-7-14(12-30(2,27)28)3-5-20(17)29-21-6-4-15(22)8-18(21)23/h3-11H,12-13H2,1-2H3. The molecule has 0 saturated heterocycles. The van der Waals surface area contributed by atoms with Gasteiger partial charge in [0.2, 0.25) is 0 Å². The van der Waals surface area contributed by atoms with Crippen LogP contribution in [0.25, 0.3) is 5.70 Å². The second-order valence-electron chi connectivity index (χ2n) is 7.19. The highest BCUT2D eigenvalue weighted by molar-refractivity contribution is 7.89. The SMILES string of the molecule is CN1C=C2C=NCN2C(c2cc(CS(C)(=O)=O)ccc2Oc2ccc(F)cc2F)=C1.